The Kier molecular flexibility index (Phi) is 3.97. The van der Waals surface area contributed by atoms with Gasteiger partial charge < -0.3 is 16.8 Å². The minimum atomic E-state index is -0.494. The number of para-hydroxylation sites is 1. The predicted octanol–water partition coefficient (Wildman–Crippen LogP) is 1.58. The zero-order valence-electron chi connectivity index (χ0n) is 8.92. The Morgan fingerprint density at radius 3 is 2.80 bits per heavy atom. The number of rotatable bonds is 5. The maximum Gasteiger partial charge on any atom is 0.250 e. The van der Waals surface area contributed by atoms with Crippen LogP contribution < -0.4 is 16.8 Å². The van der Waals surface area contributed by atoms with Gasteiger partial charge in [-0.3, -0.25) is 4.79 Å². The first-order valence-corrected chi connectivity index (χ1v) is 5.09. The van der Waals surface area contributed by atoms with E-state index in [4.69, 9.17) is 11.5 Å². The Labute approximate surface area is 89.6 Å². The van der Waals surface area contributed by atoms with Crippen LogP contribution in [0.3, 0.4) is 0 Å². The maximum absolute atomic E-state index is 11.0. The number of primary amides is 1. The van der Waals surface area contributed by atoms with Crippen LogP contribution in [-0.2, 0) is 0 Å². The van der Waals surface area contributed by atoms with Crippen molar-refractivity contribution < 1.29 is 4.79 Å². The highest BCUT2D eigenvalue weighted by Gasteiger charge is 2.08. The molecule has 5 N–H and O–H groups in total. The van der Waals surface area contributed by atoms with Crippen LogP contribution in [-0.4, -0.2) is 12.5 Å². The van der Waals surface area contributed by atoms with E-state index in [-0.39, 0.29) is 0 Å². The summed E-state index contributed by atoms with van der Waals surface area (Å²) < 4.78 is 0. The number of hydrogen-bond donors (Lipinski definition) is 3. The van der Waals surface area contributed by atoms with Gasteiger partial charge in [0.05, 0.1) is 16.9 Å². The molecule has 1 aromatic carbocycles. The van der Waals surface area contributed by atoms with Crippen LogP contribution in [0.1, 0.15) is 30.1 Å². The number of nitrogens with one attached hydrogen (secondary N) is 1. The van der Waals surface area contributed by atoms with Crippen LogP contribution in [0.5, 0.6) is 0 Å². The summed E-state index contributed by atoms with van der Waals surface area (Å²) in [6.07, 6.45) is 2.18. The van der Waals surface area contributed by atoms with Crippen molar-refractivity contribution >= 4 is 17.3 Å². The van der Waals surface area contributed by atoms with Crippen LogP contribution >= 0.6 is 0 Å². The van der Waals surface area contributed by atoms with E-state index in [1.54, 1.807) is 12.1 Å². The van der Waals surface area contributed by atoms with Crippen molar-refractivity contribution in [3.63, 3.8) is 0 Å². The first kappa shape index (κ1) is 11.4. The van der Waals surface area contributed by atoms with Crippen molar-refractivity contribution in [3.05, 3.63) is 23.8 Å². The van der Waals surface area contributed by atoms with E-state index < -0.39 is 5.91 Å². The van der Waals surface area contributed by atoms with Crippen LogP contribution in [0, 0.1) is 0 Å². The van der Waals surface area contributed by atoms with Crippen molar-refractivity contribution in [2.24, 2.45) is 5.73 Å². The molecule has 0 radical (unpaired) electrons. The highest BCUT2D eigenvalue weighted by Crippen LogP contribution is 2.22. The second kappa shape index (κ2) is 5.24. The average molecular weight is 207 g/mol. The fourth-order valence-electron chi connectivity index (χ4n) is 1.33. The molecule has 15 heavy (non-hydrogen) atoms. The van der Waals surface area contributed by atoms with Gasteiger partial charge >= 0.3 is 0 Å². The SMILES string of the molecule is CCCCNc1cccc(C(N)=O)c1N. The van der Waals surface area contributed by atoms with Gasteiger partial charge in [-0.2, -0.15) is 0 Å². The summed E-state index contributed by atoms with van der Waals surface area (Å²) in [6, 6.07) is 5.24. The molecule has 4 heteroatoms. The Bertz CT molecular complexity index is 350. The standard InChI is InChI=1S/C11H17N3O/c1-2-3-7-14-9-6-4-5-8(10(9)12)11(13)15/h4-6,14H,2-3,7,12H2,1H3,(H2,13,15). The Morgan fingerprint density at radius 2 is 2.20 bits per heavy atom. The molecule has 0 aromatic heterocycles. The van der Waals surface area contributed by atoms with Crippen LogP contribution in [0.15, 0.2) is 18.2 Å². The summed E-state index contributed by atoms with van der Waals surface area (Å²) in [7, 11) is 0. The van der Waals surface area contributed by atoms with Crippen molar-refractivity contribution in [1.82, 2.24) is 0 Å². The van der Waals surface area contributed by atoms with E-state index >= 15 is 0 Å². The molecule has 1 amide bonds. The van der Waals surface area contributed by atoms with Gasteiger partial charge in [-0.05, 0) is 18.6 Å². The third kappa shape index (κ3) is 2.87. The second-order valence-corrected chi connectivity index (χ2v) is 3.41. The number of hydrogen-bond acceptors (Lipinski definition) is 3. The van der Waals surface area contributed by atoms with E-state index in [1.807, 2.05) is 6.07 Å². The molecule has 4 nitrogen and oxygen atoms in total. The number of amides is 1. The maximum atomic E-state index is 11.0. The number of nitrogens with two attached hydrogens (primary N) is 2. The molecular formula is C11H17N3O. The van der Waals surface area contributed by atoms with Gasteiger partial charge in [0.15, 0.2) is 0 Å². The highest BCUT2D eigenvalue weighted by atomic mass is 16.1. The molecule has 0 spiro atoms. The summed E-state index contributed by atoms with van der Waals surface area (Å²) in [6.45, 7) is 2.97. The summed E-state index contributed by atoms with van der Waals surface area (Å²) in [5, 5.41) is 3.18. The molecular weight excluding hydrogens is 190 g/mol. The zero-order chi connectivity index (χ0) is 11.3. The Balaban J connectivity index is 2.80. The number of benzene rings is 1. The molecule has 0 saturated heterocycles. The number of carbonyl (C=O) groups excluding carboxylic acids is 1. The molecule has 0 aliphatic carbocycles. The third-order valence-corrected chi connectivity index (χ3v) is 2.22. The zero-order valence-corrected chi connectivity index (χ0v) is 8.92. The molecule has 82 valence electrons. The topological polar surface area (TPSA) is 81.1 Å². The molecule has 0 saturated carbocycles. The van der Waals surface area contributed by atoms with Gasteiger partial charge in [-0.1, -0.05) is 19.4 Å². The monoisotopic (exact) mass is 207 g/mol. The smallest absolute Gasteiger partial charge is 0.250 e. The van der Waals surface area contributed by atoms with Crippen LogP contribution in [0.4, 0.5) is 11.4 Å². The van der Waals surface area contributed by atoms with E-state index in [2.05, 4.69) is 12.2 Å². The lowest BCUT2D eigenvalue weighted by atomic mass is 10.1. The number of unbranched alkanes of at least 4 members (excludes halogenated alkanes) is 1. The largest absolute Gasteiger partial charge is 0.396 e. The van der Waals surface area contributed by atoms with Crippen LogP contribution in [0.2, 0.25) is 0 Å². The summed E-state index contributed by atoms with van der Waals surface area (Å²) in [5.74, 6) is -0.494. The molecule has 0 aliphatic rings. The van der Waals surface area contributed by atoms with Gasteiger partial charge in [0.2, 0.25) is 0 Å². The normalized spacial score (nSPS) is 9.93. The van der Waals surface area contributed by atoms with Crippen molar-refractivity contribution in [1.29, 1.82) is 0 Å². The van der Waals surface area contributed by atoms with E-state index in [9.17, 15) is 4.79 Å². The molecule has 0 atom stereocenters. The van der Waals surface area contributed by atoms with Gasteiger partial charge in [-0.15, -0.1) is 0 Å². The summed E-state index contributed by atoms with van der Waals surface area (Å²) in [4.78, 5) is 11.0. The lowest BCUT2D eigenvalue weighted by molar-refractivity contribution is 0.100. The fraction of sp³-hybridized carbons (Fsp3) is 0.364. The predicted molar refractivity (Wildman–Crippen MR) is 62.8 cm³/mol. The molecule has 0 unspecified atom stereocenters. The Morgan fingerprint density at radius 1 is 1.47 bits per heavy atom. The van der Waals surface area contributed by atoms with Crippen LogP contribution in [0.25, 0.3) is 0 Å². The minimum absolute atomic E-state index is 0.372. The Hall–Kier alpha value is -1.71. The second-order valence-electron chi connectivity index (χ2n) is 3.41. The highest BCUT2D eigenvalue weighted by molar-refractivity contribution is 6.00. The number of anilines is 2. The quantitative estimate of drug-likeness (QED) is 0.506. The minimum Gasteiger partial charge on any atom is -0.396 e. The third-order valence-electron chi connectivity index (χ3n) is 2.22. The number of nitrogen functional groups attached to an aromatic ring is 1. The first-order valence-electron chi connectivity index (χ1n) is 5.09. The average Bonchev–Trinajstić information content (AvgIpc) is 2.20. The number of carbonyl (C=O) groups is 1. The van der Waals surface area contributed by atoms with E-state index in [0.29, 0.717) is 11.3 Å². The molecule has 1 aromatic rings. The molecule has 0 fully saturated rings. The summed E-state index contributed by atoms with van der Waals surface area (Å²) in [5.41, 5.74) is 12.6. The molecule has 0 heterocycles. The van der Waals surface area contributed by atoms with Gasteiger partial charge in [0.1, 0.15) is 0 Å². The van der Waals surface area contributed by atoms with Crippen molar-refractivity contribution in [3.8, 4) is 0 Å². The first-order chi connectivity index (χ1) is 7.16. The van der Waals surface area contributed by atoms with Crippen molar-refractivity contribution in [2.75, 3.05) is 17.6 Å². The molecule has 0 bridgehead atoms. The van der Waals surface area contributed by atoms with Crippen molar-refractivity contribution in [2.45, 2.75) is 19.8 Å². The fourth-order valence-corrected chi connectivity index (χ4v) is 1.33. The molecule has 1 rings (SSSR count). The van der Waals surface area contributed by atoms with Gasteiger partial charge in [0.25, 0.3) is 5.91 Å². The van der Waals surface area contributed by atoms with E-state index in [0.717, 1.165) is 25.1 Å². The summed E-state index contributed by atoms with van der Waals surface area (Å²) >= 11 is 0. The van der Waals surface area contributed by atoms with Gasteiger partial charge in [0, 0.05) is 6.54 Å². The lowest BCUT2D eigenvalue weighted by Crippen LogP contribution is -2.15. The van der Waals surface area contributed by atoms with E-state index in [1.165, 1.54) is 0 Å². The lowest BCUT2D eigenvalue weighted by Gasteiger charge is -2.10. The molecule has 0 aliphatic heterocycles. The van der Waals surface area contributed by atoms with Gasteiger partial charge in [-0.25, -0.2) is 0 Å².